The Bertz CT molecular complexity index is 886. The first-order valence-electron chi connectivity index (χ1n) is 8.50. The van der Waals surface area contributed by atoms with Crippen LogP contribution in [-0.4, -0.2) is 10.2 Å². The number of rotatable bonds is 5. The Hall–Kier alpha value is -2.75. The van der Waals surface area contributed by atoms with Crippen LogP contribution in [0.5, 0.6) is 5.75 Å². The van der Waals surface area contributed by atoms with Crippen LogP contribution in [0.15, 0.2) is 59.4 Å². The zero-order valence-electron chi connectivity index (χ0n) is 14.9. The quantitative estimate of drug-likeness (QED) is 0.734. The monoisotopic (exact) mass is 336 g/mol. The van der Waals surface area contributed by atoms with E-state index in [-0.39, 0.29) is 11.0 Å². The van der Waals surface area contributed by atoms with Gasteiger partial charge in [-0.2, -0.15) is 0 Å². The number of aromatic amines is 2. The van der Waals surface area contributed by atoms with Crippen LogP contribution in [0.4, 0.5) is 0 Å². The summed E-state index contributed by atoms with van der Waals surface area (Å²) in [6, 6.07) is 18.0. The molecule has 0 aliphatic rings. The minimum atomic E-state index is -0.131. The Balaban J connectivity index is 1.85. The maximum Gasteiger partial charge on any atom is 0.267 e. The molecule has 0 bridgehead atoms. The van der Waals surface area contributed by atoms with E-state index in [0.29, 0.717) is 13.0 Å². The van der Waals surface area contributed by atoms with E-state index >= 15 is 0 Å². The van der Waals surface area contributed by atoms with Crippen LogP contribution in [0.1, 0.15) is 43.2 Å². The summed E-state index contributed by atoms with van der Waals surface area (Å²) in [6.45, 7) is 6.78. The lowest BCUT2D eigenvalue weighted by atomic mass is 9.87. The van der Waals surface area contributed by atoms with Gasteiger partial charge in [-0.25, -0.2) is 0 Å². The molecule has 2 aromatic carbocycles. The van der Waals surface area contributed by atoms with Gasteiger partial charge in [0, 0.05) is 23.1 Å². The molecule has 0 spiro atoms. The summed E-state index contributed by atoms with van der Waals surface area (Å²) >= 11 is 0. The number of hydrogen-bond acceptors (Lipinski definition) is 2. The van der Waals surface area contributed by atoms with Crippen molar-refractivity contribution in [1.29, 1.82) is 0 Å². The molecule has 0 aliphatic heterocycles. The van der Waals surface area contributed by atoms with E-state index in [0.717, 1.165) is 28.1 Å². The van der Waals surface area contributed by atoms with Crippen LogP contribution in [-0.2, 0) is 18.4 Å². The van der Waals surface area contributed by atoms with Gasteiger partial charge < -0.3 is 9.84 Å². The number of ether oxygens (including phenoxy) is 1. The number of aromatic nitrogens is 2. The first-order valence-corrected chi connectivity index (χ1v) is 8.50. The molecule has 4 nitrogen and oxygen atoms in total. The van der Waals surface area contributed by atoms with E-state index in [1.807, 2.05) is 54.6 Å². The summed E-state index contributed by atoms with van der Waals surface area (Å²) in [4.78, 5) is 12.3. The van der Waals surface area contributed by atoms with Crippen molar-refractivity contribution in [3.05, 3.63) is 87.3 Å². The summed E-state index contributed by atoms with van der Waals surface area (Å²) in [5, 5.41) is 5.75. The molecule has 0 atom stereocenters. The summed E-state index contributed by atoms with van der Waals surface area (Å²) < 4.78 is 6.01. The van der Waals surface area contributed by atoms with Gasteiger partial charge in [-0.1, -0.05) is 69.3 Å². The summed E-state index contributed by atoms with van der Waals surface area (Å²) in [6.07, 6.45) is 0.538. The molecule has 130 valence electrons. The van der Waals surface area contributed by atoms with Crippen molar-refractivity contribution in [2.75, 3.05) is 0 Å². The lowest BCUT2D eigenvalue weighted by molar-refractivity contribution is 0.303. The fraction of sp³-hybridized carbons (Fsp3) is 0.286. The summed E-state index contributed by atoms with van der Waals surface area (Å²) in [5.74, 6) is 0.812. The lowest BCUT2D eigenvalue weighted by Gasteiger charge is -2.18. The lowest BCUT2D eigenvalue weighted by Crippen LogP contribution is -2.17. The number of nitrogens with one attached hydrogen (secondary N) is 2. The van der Waals surface area contributed by atoms with Gasteiger partial charge in [0.25, 0.3) is 5.56 Å². The first kappa shape index (κ1) is 17.1. The van der Waals surface area contributed by atoms with Crippen molar-refractivity contribution in [1.82, 2.24) is 10.2 Å². The van der Waals surface area contributed by atoms with E-state index in [1.165, 1.54) is 0 Å². The standard InChI is InChI=1S/C21H24N2O2/c1-21(2,3)19-17(20(24)23-22-19)13-16-11-7-8-12-18(16)25-14-15-9-5-4-6-10-15/h4-12H,13-14H2,1-3H3,(H2,22,23,24). The van der Waals surface area contributed by atoms with Crippen LogP contribution in [0, 0.1) is 0 Å². The molecular formula is C21H24N2O2. The molecule has 4 heteroatoms. The molecule has 0 aliphatic carbocycles. The molecule has 0 fully saturated rings. The zero-order valence-corrected chi connectivity index (χ0v) is 14.9. The Kier molecular flexibility index (Phi) is 4.79. The average Bonchev–Trinajstić information content (AvgIpc) is 2.96. The first-order chi connectivity index (χ1) is 11.9. The third-order valence-corrected chi connectivity index (χ3v) is 4.20. The molecule has 3 rings (SSSR count). The highest BCUT2D eigenvalue weighted by molar-refractivity contribution is 5.39. The van der Waals surface area contributed by atoms with Crippen LogP contribution in [0.25, 0.3) is 0 Å². The van der Waals surface area contributed by atoms with Gasteiger partial charge in [0.1, 0.15) is 12.4 Å². The van der Waals surface area contributed by atoms with Gasteiger partial charge in [0.2, 0.25) is 0 Å². The second-order valence-corrected chi connectivity index (χ2v) is 7.24. The van der Waals surface area contributed by atoms with E-state index < -0.39 is 0 Å². The molecule has 0 unspecified atom stereocenters. The molecule has 2 N–H and O–H groups in total. The Morgan fingerprint density at radius 1 is 0.920 bits per heavy atom. The second kappa shape index (κ2) is 7.01. The van der Waals surface area contributed by atoms with Crippen molar-refractivity contribution in [3.63, 3.8) is 0 Å². The molecule has 1 heterocycles. The molecule has 1 aromatic heterocycles. The maximum atomic E-state index is 12.3. The smallest absolute Gasteiger partial charge is 0.267 e. The Morgan fingerprint density at radius 3 is 2.32 bits per heavy atom. The predicted molar refractivity (Wildman–Crippen MR) is 100 cm³/mol. The van der Waals surface area contributed by atoms with Crippen LogP contribution >= 0.6 is 0 Å². The van der Waals surface area contributed by atoms with Gasteiger partial charge in [0.15, 0.2) is 0 Å². The Morgan fingerprint density at radius 2 is 1.60 bits per heavy atom. The zero-order chi connectivity index (χ0) is 17.9. The Labute approximate surface area is 147 Å². The predicted octanol–water partition coefficient (Wildman–Crippen LogP) is 4.17. The molecule has 25 heavy (non-hydrogen) atoms. The number of para-hydroxylation sites is 1. The fourth-order valence-corrected chi connectivity index (χ4v) is 2.91. The van der Waals surface area contributed by atoms with Crippen molar-refractivity contribution < 1.29 is 4.74 Å². The van der Waals surface area contributed by atoms with Gasteiger partial charge in [0.05, 0.1) is 0 Å². The molecule has 0 saturated carbocycles. The molecule has 3 aromatic rings. The highest BCUT2D eigenvalue weighted by Gasteiger charge is 2.23. The van der Waals surface area contributed by atoms with Gasteiger partial charge in [-0.05, 0) is 17.2 Å². The highest BCUT2D eigenvalue weighted by atomic mass is 16.5. The van der Waals surface area contributed by atoms with E-state index in [9.17, 15) is 4.79 Å². The SMILES string of the molecule is CC(C)(C)c1[nH][nH]c(=O)c1Cc1ccccc1OCc1ccccc1. The van der Waals surface area contributed by atoms with Crippen molar-refractivity contribution in [2.45, 2.75) is 39.2 Å². The second-order valence-electron chi connectivity index (χ2n) is 7.24. The van der Waals surface area contributed by atoms with Gasteiger partial charge in [-0.3, -0.25) is 9.89 Å². The molecule has 0 saturated heterocycles. The fourth-order valence-electron chi connectivity index (χ4n) is 2.91. The molecular weight excluding hydrogens is 312 g/mol. The van der Waals surface area contributed by atoms with E-state index in [4.69, 9.17) is 4.74 Å². The third kappa shape index (κ3) is 4.02. The van der Waals surface area contributed by atoms with Crippen LogP contribution in [0.2, 0.25) is 0 Å². The summed E-state index contributed by atoms with van der Waals surface area (Å²) in [5.41, 5.74) is 3.64. The van der Waals surface area contributed by atoms with Crippen LogP contribution < -0.4 is 10.3 Å². The minimum Gasteiger partial charge on any atom is -0.489 e. The van der Waals surface area contributed by atoms with Gasteiger partial charge in [-0.15, -0.1) is 0 Å². The van der Waals surface area contributed by atoms with Crippen molar-refractivity contribution in [2.24, 2.45) is 0 Å². The van der Waals surface area contributed by atoms with Crippen molar-refractivity contribution in [3.8, 4) is 5.75 Å². The summed E-state index contributed by atoms with van der Waals surface area (Å²) in [7, 11) is 0. The number of hydrogen-bond donors (Lipinski definition) is 2. The van der Waals surface area contributed by atoms with Crippen LogP contribution in [0.3, 0.4) is 0 Å². The highest BCUT2D eigenvalue weighted by Crippen LogP contribution is 2.27. The normalized spacial score (nSPS) is 11.5. The number of H-pyrrole nitrogens is 2. The average molecular weight is 336 g/mol. The van der Waals surface area contributed by atoms with E-state index in [2.05, 4.69) is 31.0 Å². The topological polar surface area (TPSA) is 57.9 Å². The molecule has 0 radical (unpaired) electrons. The molecule has 0 amide bonds. The maximum absolute atomic E-state index is 12.3. The number of benzene rings is 2. The minimum absolute atomic E-state index is 0.0669. The largest absolute Gasteiger partial charge is 0.489 e. The van der Waals surface area contributed by atoms with E-state index in [1.54, 1.807) is 0 Å². The van der Waals surface area contributed by atoms with Crippen molar-refractivity contribution >= 4 is 0 Å². The van der Waals surface area contributed by atoms with Gasteiger partial charge >= 0.3 is 0 Å². The third-order valence-electron chi connectivity index (χ3n) is 4.20.